The Hall–Kier alpha value is -1.15. The average Bonchev–Trinajstić information content (AvgIpc) is 2.17. The van der Waals surface area contributed by atoms with E-state index in [9.17, 15) is 0 Å². The van der Waals surface area contributed by atoms with E-state index in [-0.39, 0.29) is 0 Å². The van der Waals surface area contributed by atoms with Crippen LogP contribution in [-0.4, -0.2) is 17.6 Å². The summed E-state index contributed by atoms with van der Waals surface area (Å²) in [6.07, 6.45) is 6.06. The molecule has 1 unspecified atom stereocenters. The Morgan fingerprint density at radius 3 is 2.86 bits per heavy atom. The number of hydrogen-bond acceptors (Lipinski definition) is 2. The van der Waals surface area contributed by atoms with Crippen LogP contribution in [0.5, 0.6) is 0 Å². The second kappa shape index (κ2) is 5.55. The van der Waals surface area contributed by atoms with Crippen molar-refractivity contribution in [2.75, 3.05) is 6.54 Å². The van der Waals surface area contributed by atoms with Crippen LogP contribution < -0.4 is 5.32 Å². The Morgan fingerprint density at radius 2 is 2.29 bits per heavy atom. The van der Waals surface area contributed by atoms with Gasteiger partial charge in [0.1, 0.15) is 0 Å². The zero-order chi connectivity index (χ0) is 10.4. The number of pyridine rings is 1. The summed E-state index contributed by atoms with van der Waals surface area (Å²) < 4.78 is 0. The SMILES string of the molecule is CCNC(C)/C=C/c1ccc(C)cn1. The molecule has 1 aromatic heterocycles. The van der Waals surface area contributed by atoms with Gasteiger partial charge in [-0.15, -0.1) is 0 Å². The minimum atomic E-state index is 0.406. The Kier molecular flexibility index (Phi) is 4.33. The molecule has 0 spiro atoms. The lowest BCUT2D eigenvalue weighted by Gasteiger charge is -2.05. The zero-order valence-corrected chi connectivity index (χ0v) is 9.12. The van der Waals surface area contributed by atoms with Gasteiger partial charge in [0.25, 0.3) is 0 Å². The minimum Gasteiger partial charge on any atom is -0.311 e. The summed E-state index contributed by atoms with van der Waals surface area (Å²) in [7, 11) is 0. The summed E-state index contributed by atoms with van der Waals surface area (Å²) in [4.78, 5) is 4.30. The van der Waals surface area contributed by atoms with Crippen molar-refractivity contribution in [2.24, 2.45) is 0 Å². The first kappa shape index (κ1) is 10.9. The van der Waals surface area contributed by atoms with Crippen molar-refractivity contribution in [3.63, 3.8) is 0 Å². The van der Waals surface area contributed by atoms with Crippen molar-refractivity contribution in [3.8, 4) is 0 Å². The number of likely N-dealkylation sites (N-methyl/N-ethyl adjacent to an activating group) is 1. The number of nitrogens with one attached hydrogen (secondary N) is 1. The van der Waals surface area contributed by atoms with Crippen LogP contribution in [-0.2, 0) is 0 Å². The fourth-order valence-corrected chi connectivity index (χ4v) is 1.21. The van der Waals surface area contributed by atoms with E-state index in [2.05, 4.69) is 36.3 Å². The van der Waals surface area contributed by atoms with Crippen molar-refractivity contribution in [1.29, 1.82) is 0 Å². The van der Waals surface area contributed by atoms with Crippen LogP contribution >= 0.6 is 0 Å². The standard InChI is InChI=1S/C12H18N2/c1-4-13-11(3)6-8-12-7-5-10(2)9-14-12/h5-9,11,13H,4H2,1-3H3/b8-6+. The van der Waals surface area contributed by atoms with E-state index >= 15 is 0 Å². The van der Waals surface area contributed by atoms with Gasteiger partial charge in [0.05, 0.1) is 5.69 Å². The lowest BCUT2D eigenvalue weighted by atomic mass is 10.2. The normalized spacial score (nSPS) is 13.4. The molecule has 0 bridgehead atoms. The van der Waals surface area contributed by atoms with Crippen LogP contribution in [0.15, 0.2) is 24.4 Å². The highest BCUT2D eigenvalue weighted by Crippen LogP contribution is 2.01. The fraction of sp³-hybridized carbons (Fsp3) is 0.417. The Morgan fingerprint density at radius 1 is 1.50 bits per heavy atom. The highest BCUT2D eigenvalue weighted by Gasteiger charge is 1.92. The van der Waals surface area contributed by atoms with E-state index in [1.54, 1.807) is 0 Å². The van der Waals surface area contributed by atoms with Crippen molar-refractivity contribution >= 4 is 6.08 Å². The number of rotatable bonds is 4. The summed E-state index contributed by atoms with van der Waals surface area (Å²) in [6, 6.07) is 4.51. The summed E-state index contributed by atoms with van der Waals surface area (Å²) in [5, 5.41) is 3.31. The van der Waals surface area contributed by atoms with Gasteiger partial charge in [0.15, 0.2) is 0 Å². The fourth-order valence-electron chi connectivity index (χ4n) is 1.21. The topological polar surface area (TPSA) is 24.9 Å². The highest BCUT2D eigenvalue weighted by molar-refractivity contribution is 5.45. The summed E-state index contributed by atoms with van der Waals surface area (Å²) >= 11 is 0. The molecule has 0 saturated heterocycles. The number of nitrogens with zero attached hydrogens (tertiary/aromatic N) is 1. The second-order valence-electron chi connectivity index (χ2n) is 3.47. The van der Waals surface area contributed by atoms with Gasteiger partial charge in [-0.1, -0.05) is 19.1 Å². The monoisotopic (exact) mass is 190 g/mol. The summed E-state index contributed by atoms with van der Waals surface area (Å²) in [5.41, 5.74) is 2.21. The van der Waals surface area contributed by atoms with Crippen LogP contribution in [0.1, 0.15) is 25.1 Å². The maximum absolute atomic E-state index is 4.30. The first-order valence-corrected chi connectivity index (χ1v) is 5.06. The van der Waals surface area contributed by atoms with E-state index in [4.69, 9.17) is 0 Å². The Bertz CT molecular complexity index is 288. The average molecular weight is 190 g/mol. The highest BCUT2D eigenvalue weighted by atomic mass is 14.9. The van der Waals surface area contributed by atoms with Crippen LogP contribution in [0.2, 0.25) is 0 Å². The summed E-state index contributed by atoms with van der Waals surface area (Å²) in [6.45, 7) is 7.28. The molecule has 2 nitrogen and oxygen atoms in total. The van der Waals surface area contributed by atoms with E-state index in [1.807, 2.05) is 25.3 Å². The smallest absolute Gasteiger partial charge is 0.0627 e. The van der Waals surface area contributed by atoms with Gasteiger partial charge in [-0.3, -0.25) is 4.98 Å². The molecule has 1 N–H and O–H groups in total. The van der Waals surface area contributed by atoms with Gasteiger partial charge in [-0.05, 0) is 38.1 Å². The third kappa shape index (κ3) is 3.71. The molecular weight excluding hydrogens is 172 g/mol. The summed E-state index contributed by atoms with van der Waals surface area (Å²) in [5.74, 6) is 0. The molecular formula is C12H18N2. The van der Waals surface area contributed by atoms with Gasteiger partial charge in [0.2, 0.25) is 0 Å². The first-order chi connectivity index (χ1) is 6.72. The van der Waals surface area contributed by atoms with E-state index in [1.165, 1.54) is 5.56 Å². The van der Waals surface area contributed by atoms with E-state index in [0.29, 0.717) is 6.04 Å². The predicted molar refractivity (Wildman–Crippen MR) is 61.1 cm³/mol. The molecule has 0 aliphatic carbocycles. The predicted octanol–water partition coefficient (Wildman–Crippen LogP) is 2.40. The second-order valence-corrected chi connectivity index (χ2v) is 3.47. The van der Waals surface area contributed by atoms with Crippen molar-refractivity contribution in [2.45, 2.75) is 26.8 Å². The number of hydrogen-bond donors (Lipinski definition) is 1. The minimum absolute atomic E-state index is 0.406. The molecule has 0 aliphatic rings. The van der Waals surface area contributed by atoms with Crippen LogP contribution in [0.4, 0.5) is 0 Å². The van der Waals surface area contributed by atoms with Gasteiger partial charge < -0.3 is 5.32 Å². The molecule has 1 atom stereocenters. The largest absolute Gasteiger partial charge is 0.311 e. The Labute approximate surface area is 86.1 Å². The maximum Gasteiger partial charge on any atom is 0.0627 e. The molecule has 0 aromatic carbocycles. The molecule has 1 aromatic rings. The lowest BCUT2D eigenvalue weighted by molar-refractivity contribution is 0.662. The first-order valence-electron chi connectivity index (χ1n) is 5.06. The quantitative estimate of drug-likeness (QED) is 0.788. The van der Waals surface area contributed by atoms with E-state index < -0.39 is 0 Å². The number of aryl methyl sites for hydroxylation is 1. The molecule has 14 heavy (non-hydrogen) atoms. The molecule has 76 valence electrons. The van der Waals surface area contributed by atoms with Gasteiger partial charge in [-0.2, -0.15) is 0 Å². The number of aromatic nitrogens is 1. The molecule has 0 amide bonds. The van der Waals surface area contributed by atoms with Gasteiger partial charge in [-0.25, -0.2) is 0 Å². The molecule has 0 aliphatic heterocycles. The maximum atomic E-state index is 4.30. The van der Waals surface area contributed by atoms with Gasteiger partial charge >= 0.3 is 0 Å². The van der Waals surface area contributed by atoms with Crippen molar-refractivity contribution < 1.29 is 0 Å². The third-order valence-corrected chi connectivity index (χ3v) is 2.02. The lowest BCUT2D eigenvalue weighted by Crippen LogP contribution is -2.22. The van der Waals surface area contributed by atoms with Crippen molar-refractivity contribution in [1.82, 2.24) is 10.3 Å². The Balaban J connectivity index is 2.55. The molecule has 0 radical (unpaired) electrons. The molecule has 0 saturated carbocycles. The third-order valence-electron chi connectivity index (χ3n) is 2.02. The molecule has 2 heteroatoms. The van der Waals surface area contributed by atoms with Gasteiger partial charge in [0, 0.05) is 12.2 Å². The molecule has 0 fully saturated rings. The van der Waals surface area contributed by atoms with Crippen molar-refractivity contribution in [3.05, 3.63) is 35.7 Å². The molecule has 1 heterocycles. The molecule has 1 rings (SSSR count). The van der Waals surface area contributed by atoms with Crippen LogP contribution in [0.25, 0.3) is 6.08 Å². The van der Waals surface area contributed by atoms with Crippen LogP contribution in [0.3, 0.4) is 0 Å². The van der Waals surface area contributed by atoms with Crippen LogP contribution in [0, 0.1) is 6.92 Å². The zero-order valence-electron chi connectivity index (χ0n) is 9.12. The van der Waals surface area contributed by atoms with E-state index in [0.717, 1.165) is 12.2 Å².